The van der Waals surface area contributed by atoms with Crippen LogP contribution in [0.2, 0.25) is 0 Å². The van der Waals surface area contributed by atoms with E-state index in [1.54, 1.807) is 0 Å². The largest absolute Gasteiger partial charge is 0.464 e. The molecule has 0 unspecified atom stereocenters. The molecule has 0 bridgehead atoms. The Hall–Kier alpha value is -0.340. The standard InChI is InChI=1S/C6H10ClNO5S2/c7-5-6(9)12-1-3-14-15-4-2-13-8(10)11/h1-5H2. The molecule has 0 aromatic carbocycles. The highest BCUT2D eigenvalue weighted by Gasteiger charge is 1.99. The van der Waals surface area contributed by atoms with E-state index in [1.165, 1.54) is 21.6 Å². The molecular weight excluding hydrogens is 266 g/mol. The van der Waals surface area contributed by atoms with Crippen molar-refractivity contribution in [1.29, 1.82) is 0 Å². The smallest absolute Gasteiger partial charge is 0.320 e. The first-order valence-electron chi connectivity index (χ1n) is 3.90. The molecule has 0 aliphatic carbocycles. The molecule has 9 heteroatoms. The van der Waals surface area contributed by atoms with Crippen molar-refractivity contribution in [1.82, 2.24) is 0 Å². The minimum absolute atomic E-state index is 0.0616. The lowest BCUT2D eigenvalue weighted by Crippen LogP contribution is -2.08. The van der Waals surface area contributed by atoms with E-state index < -0.39 is 11.1 Å². The van der Waals surface area contributed by atoms with Gasteiger partial charge in [0.05, 0.1) is 0 Å². The Morgan fingerprint density at radius 1 is 1.33 bits per heavy atom. The molecule has 0 aromatic heterocycles. The minimum atomic E-state index is -0.826. The average molecular weight is 276 g/mol. The second kappa shape index (κ2) is 10.2. The highest BCUT2D eigenvalue weighted by atomic mass is 35.5. The van der Waals surface area contributed by atoms with E-state index in [0.29, 0.717) is 18.1 Å². The SMILES string of the molecule is O=C(CCl)OCCSSCCO[N+](=O)[O-]. The minimum Gasteiger partial charge on any atom is -0.464 e. The fourth-order valence-corrected chi connectivity index (χ4v) is 2.21. The van der Waals surface area contributed by atoms with Gasteiger partial charge in [0, 0.05) is 11.5 Å². The third-order valence-corrected chi connectivity index (χ3v) is 3.54. The van der Waals surface area contributed by atoms with E-state index in [0.717, 1.165) is 0 Å². The topological polar surface area (TPSA) is 78.7 Å². The Bertz CT molecular complexity index is 206. The summed E-state index contributed by atoms with van der Waals surface area (Å²) in [4.78, 5) is 24.4. The van der Waals surface area contributed by atoms with E-state index >= 15 is 0 Å². The van der Waals surface area contributed by atoms with Crippen molar-refractivity contribution < 1.29 is 19.5 Å². The first-order valence-corrected chi connectivity index (χ1v) is 6.92. The van der Waals surface area contributed by atoms with Crippen LogP contribution in [0, 0.1) is 10.1 Å². The molecule has 0 aromatic rings. The van der Waals surface area contributed by atoms with Crippen LogP contribution in [-0.4, -0.2) is 41.7 Å². The monoisotopic (exact) mass is 275 g/mol. The maximum Gasteiger partial charge on any atom is 0.320 e. The summed E-state index contributed by atoms with van der Waals surface area (Å²) in [7, 11) is 2.87. The van der Waals surface area contributed by atoms with Crippen LogP contribution < -0.4 is 0 Å². The van der Waals surface area contributed by atoms with Crippen molar-refractivity contribution in [3.05, 3.63) is 10.1 Å². The number of esters is 1. The number of ether oxygens (including phenoxy) is 1. The molecule has 0 fully saturated rings. The number of halogens is 1. The molecule has 0 radical (unpaired) electrons. The molecule has 0 saturated heterocycles. The summed E-state index contributed by atoms with van der Waals surface area (Å²) in [6.07, 6.45) is 0. The van der Waals surface area contributed by atoms with Gasteiger partial charge in [-0.05, 0) is 0 Å². The molecule has 88 valence electrons. The maximum absolute atomic E-state index is 10.6. The van der Waals surface area contributed by atoms with Crippen molar-refractivity contribution >= 4 is 39.2 Å². The fourth-order valence-electron chi connectivity index (χ4n) is 0.492. The van der Waals surface area contributed by atoms with Gasteiger partial charge in [-0.25, -0.2) is 0 Å². The average Bonchev–Trinajstić information content (AvgIpc) is 2.21. The zero-order chi connectivity index (χ0) is 11.5. The zero-order valence-electron chi connectivity index (χ0n) is 7.72. The number of carbonyl (C=O) groups is 1. The normalized spacial score (nSPS) is 9.67. The van der Waals surface area contributed by atoms with Crippen molar-refractivity contribution in [2.45, 2.75) is 0 Å². The molecule has 0 atom stereocenters. The van der Waals surface area contributed by atoms with Gasteiger partial charge in [0.25, 0.3) is 5.09 Å². The first-order chi connectivity index (χ1) is 7.16. The number of nitrogens with zero attached hydrogens (tertiary/aromatic N) is 1. The Kier molecular flexibility index (Phi) is 9.96. The third kappa shape index (κ3) is 11.6. The molecule has 15 heavy (non-hydrogen) atoms. The lowest BCUT2D eigenvalue weighted by Gasteiger charge is -2.02. The highest BCUT2D eigenvalue weighted by Crippen LogP contribution is 2.20. The van der Waals surface area contributed by atoms with Gasteiger partial charge in [-0.15, -0.1) is 21.7 Å². The molecule has 0 aliphatic rings. The third-order valence-electron chi connectivity index (χ3n) is 0.986. The van der Waals surface area contributed by atoms with Gasteiger partial charge in [-0.1, -0.05) is 21.6 Å². The molecule has 0 aliphatic heterocycles. The zero-order valence-corrected chi connectivity index (χ0v) is 10.1. The Morgan fingerprint density at radius 2 is 1.93 bits per heavy atom. The molecule has 0 amide bonds. The molecular formula is C6H10ClNO5S2. The van der Waals surface area contributed by atoms with E-state index in [-0.39, 0.29) is 12.5 Å². The van der Waals surface area contributed by atoms with Gasteiger partial charge in [-0.2, -0.15) is 0 Å². The second-order valence-electron chi connectivity index (χ2n) is 2.05. The van der Waals surface area contributed by atoms with Gasteiger partial charge in [-0.3, -0.25) is 4.79 Å². The quantitative estimate of drug-likeness (QED) is 0.157. The van der Waals surface area contributed by atoms with Crippen LogP contribution in [0.1, 0.15) is 0 Å². The summed E-state index contributed by atoms with van der Waals surface area (Å²) in [6.45, 7) is 0.353. The van der Waals surface area contributed by atoms with Crippen molar-refractivity contribution in [2.75, 3.05) is 30.6 Å². The number of hydrogen-bond acceptors (Lipinski definition) is 7. The predicted octanol–water partition coefficient (Wildman–Crippen LogP) is 1.36. The van der Waals surface area contributed by atoms with E-state index in [1.807, 2.05) is 0 Å². The Morgan fingerprint density at radius 3 is 2.47 bits per heavy atom. The van der Waals surface area contributed by atoms with Crippen LogP contribution in [0.15, 0.2) is 0 Å². The summed E-state index contributed by atoms with van der Waals surface area (Å²) in [5.41, 5.74) is 0. The van der Waals surface area contributed by atoms with Gasteiger partial charge in [0.1, 0.15) is 19.1 Å². The van der Waals surface area contributed by atoms with Crippen LogP contribution in [0.4, 0.5) is 0 Å². The lowest BCUT2D eigenvalue weighted by molar-refractivity contribution is -0.756. The summed E-state index contributed by atoms with van der Waals surface area (Å²) in [5, 5.41) is 8.91. The number of alkyl halides is 1. The molecule has 0 rings (SSSR count). The van der Waals surface area contributed by atoms with Crippen LogP contribution in [-0.2, 0) is 14.4 Å². The summed E-state index contributed by atoms with van der Waals surface area (Å²) in [6, 6.07) is 0. The molecule has 0 spiro atoms. The number of hydrogen-bond donors (Lipinski definition) is 0. The highest BCUT2D eigenvalue weighted by molar-refractivity contribution is 8.76. The summed E-state index contributed by atoms with van der Waals surface area (Å²) >= 11 is 5.20. The van der Waals surface area contributed by atoms with Gasteiger partial charge in [0.15, 0.2) is 0 Å². The summed E-state index contributed by atoms with van der Waals surface area (Å²) in [5.74, 6) is 0.536. The van der Waals surface area contributed by atoms with Gasteiger partial charge >= 0.3 is 5.97 Å². The number of rotatable bonds is 9. The van der Waals surface area contributed by atoms with E-state index in [9.17, 15) is 14.9 Å². The first kappa shape index (κ1) is 14.7. The Labute approximate surface area is 99.5 Å². The molecule has 0 saturated carbocycles. The van der Waals surface area contributed by atoms with E-state index in [4.69, 9.17) is 16.3 Å². The molecule has 0 heterocycles. The van der Waals surface area contributed by atoms with E-state index in [2.05, 4.69) is 4.84 Å². The maximum atomic E-state index is 10.6. The lowest BCUT2D eigenvalue weighted by atomic mass is 10.8. The van der Waals surface area contributed by atoms with Crippen molar-refractivity contribution in [3.8, 4) is 0 Å². The van der Waals surface area contributed by atoms with Crippen molar-refractivity contribution in [3.63, 3.8) is 0 Å². The second-order valence-corrected chi connectivity index (χ2v) is 5.02. The van der Waals surface area contributed by atoms with Gasteiger partial charge in [0.2, 0.25) is 0 Å². The van der Waals surface area contributed by atoms with Crippen LogP contribution in [0.25, 0.3) is 0 Å². The van der Waals surface area contributed by atoms with Gasteiger partial charge < -0.3 is 9.57 Å². The predicted molar refractivity (Wildman–Crippen MR) is 59.5 cm³/mol. The van der Waals surface area contributed by atoms with Crippen LogP contribution in [0.3, 0.4) is 0 Å². The van der Waals surface area contributed by atoms with Crippen molar-refractivity contribution in [2.24, 2.45) is 0 Å². The van der Waals surface area contributed by atoms with Crippen LogP contribution >= 0.6 is 33.2 Å². The summed E-state index contributed by atoms with van der Waals surface area (Å²) < 4.78 is 4.69. The van der Waals surface area contributed by atoms with Crippen LogP contribution in [0.5, 0.6) is 0 Å². The molecule has 6 nitrogen and oxygen atoms in total. The fraction of sp³-hybridized carbons (Fsp3) is 0.833. The molecule has 0 N–H and O–H groups in total. The Balaban J connectivity index is 3.05. The number of carbonyl (C=O) groups excluding carboxylic acids is 1.